The van der Waals surface area contributed by atoms with E-state index in [1.165, 1.54) is 4.70 Å². The number of hydrogen-bond donors (Lipinski definition) is 1. The van der Waals surface area contributed by atoms with E-state index in [9.17, 15) is 0 Å². The molecule has 0 fully saturated rings. The summed E-state index contributed by atoms with van der Waals surface area (Å²) in [6, 6.07) is 19.1. The van der Waals surface area contributed by atoms with Gasteiger partial charge in [0.1, 0.15) is 0 Å². The van der Waals surface area contributed by atoms with E-state index in [0.717, 1.165) is 16.1 Å². The van der Waals surface area contributed by atoms with Crippen LogP contribution < -0.4 is 0 Å². The predicted octanol–water partition coefficient (Wildman–Crippen LogP) is 4.62. The van der Waals surface area contributed by atoms with Crippen LogP contribution in [-0.2, 0) is 37.4 Å². The second kappa shape index (κ2) is 14.7. The average Bonchev–Trinajstić information content (AvgIpc) is 3.07. The molecule has 3 rings (SSSR count). The van der Waals surface area contributed by atoms with Crippen LogP contribution in [0.3, 0.4) is 0 Å². The van der Waals surface area contributed by atoms with E-state index in [4.69, 9.17) is 5.11 Å². The molecular weight excluding hydrogens is 395 g/mol. The number of rotatable bonds is 4. The minimum atomic E-state index is 0. The standard InChI is InChI=1S/C13H8NS.C4H9O2.C2H6.Y/c1-2-6-10(7-3-1)13-14-11-8-4-5-9-12(11)15-13;1-2-6-4-3-5;1-2;/h2-9H;5H,1-4H2;1-2H3;/q2*-1;;. The summed E-state index contributed by atoms with van der Waals surface area (Å²) in [4.78, 5) is 4.59. The van der Waals surface area contributed by atoms with E-state index in [2.05, 4.69) is 28.8 Å². The number of para-hydroxylation sites is 1. The Labute approximate surface area is 174 Å². The summed E-state index contributed by atoms with van der Waals surface area (Å²) in [5.74, 6) is 0. The van der Waals surface area contributed by atoms with Crippen LogP contribution in [0.5, 0.6) is 0 Å². The van der Waals surface area contributed by atoms with Crippen molar-refractivity contribution in [1.29, 1.82) is 0 Å². The molecule has 2 aromatic carbocycles. The van der Waals surface area contributed by atoms with Crippen molar-refractivity contribution in [1.82, 2.24) is 4.98 Å². The first-order chi connectivity index (χ1) is 11.3. The number of aliphatic hydroxyl groups excluding tert-OH is 1. The molecule has 0 aliphatic rings. The van der Waals surface area contributed by atoms with Crippen LogP contribution in [0.2, 0.25) is 0 Å². The van der Waals surface area contributed by atoms with Crippen molar-refractivity contribution < 1.29 is 42.6 Å². The number of nitrogens with zero attached hydrogens (tertiary/aromatic N) is 1. The molecule has 1 radical (unpaired) electrons. The molecule has 3 nitrogen and oxygen atoms in total. The van der Waals surface area contributed by atoms with Gasteiger partial charge in [0.25, 0.3) is 0 Å². The van der Waals surface area contributed by atoms with Crippen LogP contribution in [0.4, 0.5) is 0 Å². The quantitative estimate of drug-likeness (QED) is 0.497. The topological polar surface area (TPSA) is 42.4 Å². The Hall–Kier alpha value is -0.646. The molecule has 127 valence electrons. The van der Waals surface area contributed by atoms with E-state index in [1.54, 1.807) is 11.3 Å². The maximum absolute atomic E-state index is 8.04. The molecule has 1 heterocycles. The smallest absolute Gasteiger partial charge is 0.0999 e. The SMILES string of the molecule is CC.[CH2-]COCCO.[Y].[c-]1ccc(-c2nc3ccccc3s2)cc1. The largest absolute Gasteiger partial charge is 0.411 e. The summed E-state index contributed by atoms with van der Waals surface area (Å²) >= 11 is 1.73. The first kappa shape index (κ1) is 23.4. The molecule has 0 aliphatic heterocycles. The second-order valence-electron chi connectivity index (χ2n) is 4.11. The molecule has 0 atom stereocenters. The van der Waals surface area contributed by atoms with Crippen molar-refractivity contribution in [2.75, 3.05) is 19.8 Å². The molecule has 1 aromatic heterocycles. The zero-order chi connectivity index (χ0) is 16.9. The summed E-state index contributed by atoms with van der Waals surface area (Å²) in [5, 5.41) is 9.12. The van der Waals surface area contributed by atoms with E-state index in [1.807, 2.05) is 56.3 Å². The molecule has 0 unspecified atom stereocenters. The van der Waals surface area contributed by atoms with E-state index < -0.39 is 0 Å². The van der Waals surface area contributed by atoms with Crippen LogP contribution in [0.25, 0.3) is 20.8 Å². The van der Waals surface area contributed by atoms with Crippen molar-refractivity contribution in [2.24, 2.45) is 0 Å². The molecule has 0 spiro atoms. The first-order valence-corrected chi connectivity index (χ1v) is 8.46. The predicted molar refractivity (Wildman–Crippen MR) is 98.5 cm³/mol. The number of thiazole rings is 1. The van der Waals surface area contributed by atoms with Gasteiger partial charge in [0, 0.05) is 32.7 Å². The minimum absolute atomic E-state index is 0. The fraction of sp³-hybridized carbons (Fsp3) is 0.263. The number of hydrogen-bond acceptors (Lipinski definition) is 4. The number of aromatic nitrogens is 1. The van der Waals surface area contributed by atoms with Crippen LogP contribution >= 0.6 is 11.3 Å². The van der Waals surface area contributed by atoms with Crippen molar-refractivity contribution in [3.63, 3.8) is 0 Å². The fourth-order valence-corrected chi connectivity index (χ4v) is 2.66. The van der Waals surface area contributed by atoms with Gasteiger partial charge >= 0.3 is 0 Å². The zero-order valence-electron chi connectivity index (χ0n) is 14.2. The van der Waals surface area contributed by atoms with Gasteiger partial charge in [0.2, 0.25) is 0 Å². The van der Waals surface area contributed by atoms with Gasteiger partial charge in [-0.05, 0) is 12.1 Å². The third-order valence-corrected chi connectivity index (χ3v) is 3.72. The summed E-state index contributed by atoms with van der Waals surface area (Å²) in [6.45, 7) is 8.33. The van der Waals surface area contributed by atoms with Gasteiger partial charge in [0.15, 0.2) is 0 Å². The number of ether oxygens (including phenoxy) is 1. The Balaban J connectivity index is 0.000000509. The minimum Gasteiger partial charge on any atom is -0.411 e. The van der Waals surface area contributed by atoms with Crippen molar-refractivity contribution in [3.8, 4) is 10.6 Å². The number of benzene rings is 2. The number of fused-ring (bicyclic) bond motifs is 1. The zero-order valence-corrected chi connectivity index (χ0v) is 17.9. The van der Waals surface area contributed by atoms with Gasteiger partial charge in [-0.1, -0.05) is 38.2 Å². The summed E-state index contributed by atoms with van der Waals surface area (Å²) in [7, 11) is 0. The van der Waals surface area contributed by atoms with Crippen molar-refractivity contribution in [2.45, 2.75) is 13.8 Å². The molecule has 24 heavy (non-hydrogen) atoms. The van der Waals surface area contributed by atoms with Crippen molar-refractivity contribution in [3.05, 3.63) is 61.5 Å². The van der Waals surface area contributed by atoms with E-state index >= 15 is 0 Å². The maximum atomic E-state index is 8.04. The monoisotopic (exact) mass is 418 g/mol. The average molecular weight is 418 g/mol. The van der Waals surface area contributed by atoms with Gasteiger partial charge in [-0.25, -0.2) is 4.98 Å². The summed E-state index contributed by atoms with van der Waals surface area (Å²) in [5.41, 5.74) is 2.24. The van der Waals surface area contributed by atoms with Crippen LogP contribution in [0.15, 0.2) is 48.5 Å². The molecule has 1 N–H and O–H groups in total. The number of aliphatic hydroxyl groups is 1. The Kier molecular flexibility index (Phi) is 14.3. The molecule has 3 aromatic rings. The second-order valence-corrected chi connectivity index (χ2v) is 5.14. The summed E-state index contributed by atoms with van der Waals surface area (Å²) < 4.78 is 5.86. The van der Waals surface area contributed by atoms with Crippen LogP contribution in [-0.4, -0.2) is 29.9 Å². The third-order valence-electron chi connectivity index (χ3n) is 2.64. The molecule has 5 heteroatoms. The van der Waals surface area contributed by atoms with Gasteiger partial charge in [0.05, 0.1) is 28.4 Å². The Bertz CT molecular complexity index is 622. The van der Waals surface area contributed by atoms with Gasteiger partial charge < -0.3 is 16.8 Å². The van der Waals surface area contributed by atoms with Gasteiger partial charge in [-0.15, -0.1) is 11.3 Å². The fourth-order valence-electron chi connectivity index (χ4n) is 1.69. The maximum Gasteiger partial charge on any atom is 0.0999 e. The van der Waals surface area contributed by atoms with Gasteiger partial charge in [-0.3, -0.25) is 0 Å². The molecule has 0 saturated carbocycles. The van der Waals surface area contributed by atoms with Crippen LogP contribution in [0, 0.1) is 13.0 Å². The Morgan fingerprint density at radius 3 is 2.38 bits per heavy atom. The molecular formula is C19H23NO2SY-2. The van der Waals surface area contributed by atoms with Crippen LogP contribution in [0.1, 0.15) is 13.8 Å². The van der Waals surface area contributed by atoms with Crippen molar-refractivity contribution >= 4 is 21.6 Å². The Morgan fingerprint density at radius 2 is 1.83 bits per heavy atom. The molecule has 0 saturated heterocycles. The first-order valence-electron chi connectivity index (χ1n) is 7.65. The summed E-state index contributed by atoms with van der Waals surface area (Å²) in [6.07, 6.45) is 0. The molecule has 0 aliphatic carbocycles. The molecule has 0 amide bonds. The van der Waals surface area contributed by atoms with E-state index in [-0.39, 0.29) is 39.3 Å². The van der Waals surface area contributed by atoms with E-state index in [0.29, 0.717) is 13.2 Å². The molecule has 0 bridgehead atoms. The third kappa shape index (κ3) is 7.95. The normalized spacial score (nSPS) is 9.17. The van der Waals surface area contributed by atoms with Gasteiger partial charge in [-0.2, -0.15) is 30.3 Å². The Morgan fingerprint density at radius 1 is 1.17 bits per heavy atom.